The Kier molecular flexibility index (Phi) is 3.72. The SMILES string of the molecule is CNC(CO)c1ccccc1Br. The van der Waals surface area contributed by atoms with E-state index in [1.807, 2.05) is 31.3 Å². The van der Waals surface area contributed by atoms with Crippen molar-refractivity contribution in [3.05, 3.63) is 34.3 Å². The van der Waals surface area contributed by atoms with Gasteiger partial charge in [0.1, 0.15) is 0 Å². The number of likely N-dealkylation sites (N-methyl/N-ethyl adjacent to an activating group) is 1. The maximum Gasteiger partial charge on any atom is 0.0626 e. The van der Waals surface area contributed by atoms with E-state index in [0.717, 1.165) is 10.0 Å². The first-order valence-electron chi connectivity index (χ1n) is 3.82. The van der Waals surface area contributed by atoms with Gasteiger partial charge in [0.2, 0.25) is 0 Å². The molecule has 0 saturated carbocycles. The summed E-state index contributed by atoms with van der Waals surface area (Å²) in [5.41, 5.74) is 1.09. The van der Waals surface area contributed by atoms with Crippen LogP contribution in [0.1, 0.15) is 11.6 Å². The molecule has 0 heterocycles. The smallest absolute Gasteiger partial charge is 0.0626 e. The lowest BCUT2D eigenvalue weighted by atomic mass is 10.1. The molecular weight excluding hydrogens is 218 g/mol. The Morgan fingerprint density at radius 1 is 1.50 bits per heavy atom. The molecule has 1 atom stereocenters. The van der Waals surface area contributed by atoms with Crippen molar-refractivity contribution in [1.82, 2.24) is 5.32 Å². The van der Waals surface area contributed by atoms with Crippen molar-refractivity contribution in [3.8, 4) is 0 Å². The third-order valence-electron chi connectivity index (χ3n) is 1.81. The fourth-order valence-electron chi connectivity index (χ4n) is 1.10. The normalized spacial score (nSPS) is 12.9. The minimum absolute atomic E-state index is 0.0144. The molecule has 12 heavy (non-hydrogen) atoms. The molecule has 0 amide bonds. The quantitative estimate of drug-likeness (QED) is 0.828. The number of nitrogens with one attached hydrogen (secondary N) is 1. The van der Waals surface area contributed by atoms with Crippen molar-refractivity contribution in [1.29, 1.82) is 0 Å². The molecule has 1 rings (SSSR count). The lowest BCUT2D eigenvalue weighted by Gasteiger charge is -2.14. The highest BCUT2D eigenvalue weighted by Crippen LogP contribution is 2.22. The van der Waals surface area contributed by atoms with Crippen LogP contribution in [0, 0.1) is 0 Å². The number of rotatable bonds is 3. The average molecular weight is 230 g/mol. The average Bonchev–Trinajstić information content (AvgIpc) is 2.10. The van der Waals surface area contributed by atoms with E-state index in [1.165, 1.54) is 0 Å². The maximum atomic E-state index is 9.02. The van der Waals surface area contributed by atoms with Gasteiger partial charge in [0.15, 0.2) is 0 Å². The molecule has 0 spiro atoms. The van der Waals surface area contributed by atoms with Crippen LogP contribution in [-0.2, 0) is 0 Å². The highest BCUT2D eigenvalue weighted by atomic mass is 79.9. The second kappa shape index (κ2) is 4.60. The van der Waals surface area contributed by atoms with Crippen molar-refractivity contribution in [2.45, 2.75) is 6.04 Å². The molecule has 2 N–H and O–H groups in total. The Labute approximate surface area is 80.7 Å². The summed E-state index contributed by atoms with van der Waals surface area (Å²) in [4.78, 5) is 0. The minimum Gasteiger partial charge on any atom is -0.394 e. The Morgan fingerprint density at radius 3 is 2.67 bits per heavy atom. The van der Waals surface area contributed by atoms with Crippen LogP contribution in [-0.4, -0.2) is 18.8 Å². The summed E-state index contributed by atoms with van der Waals surface area (Å²) < 4.78 is 1.03. The molecule has 0 radical (unpaired) electrons. The lowest BCUT2D eigenvalue weighted by molar-refractivity contribution is 0.250. The predicted molar refractivity (Wildman–Crippen MR) is 53.0 cm³/mol. The third kappa shape index (κ3) is 2.06. The van der Waals surface area contributed by atoms with Crippen LogP contribution in [0.15, 0.2) is 28.7 Å². The molecule has 0 aliphatic rings. The number of aliphatic hydroxyl groups is 1. The van der Waals surface area contributed by atoms with Gasteiger partial charge in [0.05, 0.1) is 12.6 Å². The van der Waals surface area contributed by atoms with Crippen LogP contribution in [0.2, 0.25) is 0 Å². The summed E-state index contributed by atoms with van der Waals surface area (Å²) in [6.45, 7) is 0.110. The molecule has 1 aromatic rings. The van der Waals surface area contributed by atoms with Crippen LogP contribution < -0.4 is 5.32 Å². The monoisotopic (exact) mass is 229 g/mol. The predicted octanol–water partition coefficient (Wildman–Crippen LogP) is 1.70. The Hall–Kier alpha value is -0.380. The number of benzene rings is 1. The standard InChI is InChI=1S/C9H12BrNO/c1-11-9(6-12)7-4-2-3-5-8(7)10/h2-5,9,11-12H,6H2,1H3. The fourth-order valence-corrected chi connectivity index (χ4v) is 1.66. The number of hydrogen-bond acceptors (Lipinski definition) is 2. The zero-order chi connectivity index (χ0) is 8.97. The van der Waals surface area contributed by atoms with Gasteiger partial charge in [-0.15, -0.1) is 0 Å². The van der Waals surface area contributed by atoms with Crippen molar-refractivity contribution in [2.75, 3.05) is 13.7 Å². The van der Waals surface area contributed by atoms with Gasteiger partial charge < -0.3 is 10.4 Å². The van der Waals surface area contributed by atoms with Crippen LogP contribution >= 0.6 is 15.9 Å². The molecule has 1 aromatic carbocycles. The molecule has 3 heteroatoms. The first kappa shape index (κ1) is 9.71. The van der Waals surface area contributed by atoms with Gasteiger partial charge in [-0.3, -0.25) is 0 Å². The summed E-state index contributed by atoms with van der Waals surface area (Å²) in [5.74, 6) is 0. The zero-order valence-electron chi connectivity index (χ0n) is 6.92. The van der Waals surface area contributed by atoms with Crippen LogP contribution in [0.4, 0.5) is 0 Å². The van der Waals surface area contributed by atoms with Crippen LogP contribution in [0.25, 0.3) is 0 Å². The number of halogens is 1. The molecule has 0 saturated heterocycles. The van der Waals surface area contributed by atoms with Gasteiger partial charge in [-0.25, -0.2) is 0 Å². The van der Waals surface area contributed by atoms with E-state index in [4.69, 9.17) is 5.11 Å². The van der Waals surface area contributed by atoms with E-state index in [1.54, 1.807) is 0 Å². The second-order valence-electron chi connectivity index (χ2n) is 2.55. The Bertz CT molecular complexity index is 248. The molecule has 1 unspecified atom stereocenters. The highest BCUT2D eigenvalue weighted by molar-refractivity contribution is 9.10. The molecule has 66 valence electrons. The van der Waals surface area contributed by atoms with Gasteiger partial charge in [-0.2, -0.15) is 0 Å². The largest absolute Gasteiger partial charge is 0.394 e. The third-order valence-corrected chi connectivity index (χ3v) is 2.53. The van der Waals surface area contributed by atoms with E-state index in [2.05, 4.69) is 21.2 Å². The molecule has 0 fully saturated rings. The van der Waals surface area contributed by atoms with Gasteiger partial charge in [-0.05, 0) is 18.7 Å². The number of hydrogen-bond donors (Lipinski definition) is 2. The zero-order valence-corrected chi connectivity index (χ0v) is 8.51. The molecular formula is C9H12BrNO. The summed E-state index contributed by atoms with van der Waals surface area (Å²) in [7, 11) is 1.83. The van der Waals surface area contributed by atoms with Crippen molar-refractivity contribution in [2.24, 2.45) is 0 Å². The molecule has 0 aliphatic carbocycles. The summed E-state index contributed by atoms with van der Waals surface area (Å²) in [5, 5.41) is 12.0. The minimum atomic E-state index is 0.0144. The second-order valence-corrected chi connectivity index (χ2v) is 3.40. The van der Waals surface area contributed by atoms with Gasteiger partial charge in [-0.1, -0.05) is 34.1 Å². The summed E-state index contributed by atoms with van der Waals surface area (Å²) >= 11 is 3.43. The van der Waals surface area contributed by atoms with E-state index in [0.29, 0.717) is 0 Å². The fraction of sp³-hybridized carbons (Fsp3) is 0.333. The highest BCUT2D eigenvalue weighted by Gasteiger charge is 2.09. The number of aliphatic hydroxyl groups excluding tert-OH is 1. The molecule has 0 aromatic heterocycles. The van der Waals surface area contributed by atoms with Crippen molar-refractivity contribution in [3.63, 3.8) is 0 Å². The van der Waals surface area contributed by atoms with E-state index >= 15 is 0 Å². The van der Waals surface area contributed by atoms with E-state index in [-0.39, 0.29) is 12.6 Å². The van der Waals surface area contributed by atoms with Crippen molar-refractivity contribution < 1.29 is 5.11 Å². The van der Waals surface area contributed by atoms with Gasteiger partial charge in [0.25, 0.3) is 0 Å². The Morgan fingerprint density at radius 2 is 2.17 bits per heavy atom. The lowest BCUT2D eigenvalue weighted by Crippen LogP contribution is -2.20. The van der Waals surface area contributed by atoms with Gasteiger partial charge >= 0.3 is 0 Å². The van der Waals surface area contributed by atoms with Crippen molar-refractivity contribution >= 4 is 15.9 Å². The Balaban J connectivity index is 2.92. The van der Waals surface area contributed by atoms with Crippen LogP contribution in [0.3, 0.4) is 0 Å². The first-order valence-corrected chi connectivity index (χ1v) is 4.61. The van der Waals surface area contributed by atoms with Crippen LogP contribution in [0.5, 0.6) is 0 Å². The topological polar surface area (TPSA) is 32.3 Å². The molecule has 0 bridgehead atoms. The summed E-state index contributed by atoms with van der Waals surface area (Å²) in [6, 6.07) is 7.88. The molecule has 0 aliphatic heterocycles. The van der Waals surface area contributed by atoms with Gasteiger partial charge in [0, 0.05) is 4.47 Å². The maximum absolute atomic E-state index is 9.02. The van der Waals surface area contributed by atoms with E-state index < -0.39 is 0 Å². The first-order chi connectivity index (χ1) is 5.79. The summed E-state index contributed by atoms with van der Waals surface area (Å²) in [6.07, 6.45) is 0. The molecule has 2 nitrogen and oxygen atoms in total. The van der Waals surface area contributed by atoms with E-state index in [9.17, 15) is 0 Å².